The summed E-state index contributed by atoms with van der Waals surface area (Å²) in [7, 11) is 0. The molecule has 0 aromatic carbocycles. The minimum absolute atomic E-state index is 0.0155. The lowest BCUT2D eigenvalue weighted by Gasteiger charge is -2.28. The lowest BCUT2D eigenvalue weighted by molar-refractivity contribution is 0.0600. The van der Waals surface area contributed by atoms with Crippen LogP contribution in [0.2, 0.25) is 0 Å². The number of aromatic nitrogens is 2. The Labute approximate surface area is 112 Å². The van der Waals surface area contributed by atoms with Crippen LogP contribution in [0.3, 0.4) is 0 Å². The zero-order valence-electron chi connectivity index (χ0n) is 11.2. The Kier molecular flexibility index (Phi) is 4.31. The van der Waals surface area contributed by atoms with Gasteiger partial charge in [0.15, 0.2) is 0 Å². The standard InChI is InChI=1S/C13H20N4O2/c1-9-15-7-11(12(14)16-9)13(19)17-6-4-2-3-5-10(17)8-18/h7,10,18H,2-6,8H2,1H3,(H2,14,15,16). The van der Waals surface area contributed by atoms with E-state index in [0.717, 1.165) is 25.7 Å². The second-order valence-electron chi connectivity index (χ2n) is 4.90. The van der Waals surface area contributed by atoms with Crippen LogP contribution in [0.25, 0.3) is 0 Å². The van der Waals surface area contributed by atoms with E-state index in [1.54, 1.807) is 11.8 Å². The van der Waals surface area contributed by atoms with Crippen molar-refractivity contribution in [2.24, 2.45) is 0 Å². The minimum Gasteiger partial charge on any atom is -0.394 e. The van der Waals surface area contributed by atoms with Gasteiger partial charge < -0.3 is 15.7 Å². The zero-order chi connectivity index (χ0) is 13.8. The van der Waals surface area contributed by atoms with Crippen LogP contribution < -0.4 is 5.73 Å². The second kappa shape index (κ2) is 5.97. The van der Waals surface area contributed by atoms with Crippen molar-refractivity contribution in [3.63, 3.8) is 0 Å². The molecule has 0 spiro atoms. The van der Waals surface area contributed by atoms with Crippen molar-refractivity contribution in [3.8, 4) is 0 Å². The topological polar surface area (TPSA) is 92.3 Å². The third-order valence-electron chi connectivity index (χ3n) is 3.52. The number of rotatable bonds is 2. The van der Waals surface area contributed by atoms with Gasteiger partial charge in [0.1, 0.15) is 17.2 Å². The number of hydrogen-bond acceptors (Lipinski definition) is 5. The summed E-state index contributed by atoms with van der Waals surface area (Å²) in [6.07, 6.45) is 5.37. The summed E-state index contributed by atoms with van der Waals surface area (Å²) in [5, 5.41) is 9.44. The predicted octanol–water partition coefficient (Wildman–Crippen LogP) is 0.744. The normalized spacial score (nSPS) is 20.1. The molecule has 104 valence electrons. The fraction of sp³-hybridized carbons (Fsp3) is 0.615. The zero-order valence-corrected chi connectivity index (χ0v) is 11.2. The van der Waals surface area contributed by atoms with Gasteiger partial charge in [-0.2, -0.15) is 0 Å². The Morgan fingerprint density at radius 1 is 1.53 bits per heavy atom. The first-order valence-electron chi connectivity index (χ1n) is 6.64. The highest BCUT2D eigenvalue weighted by Gasteiger charge is 2.27. The van der Waals surface area contributed by atoms with Crippen LogP contribution >= 0.6 is 0 Å². The first-order chi connectivity index (χ1) is 9.13. The van der Waals surface area contributed by atoms with Crippen LogP contribution in [-0.2, 0) is 0 Å². The highest BCUT2D eigenvalue weighted by atomic mass is 16.3. The first-order valence-corrected chi connectivity index (χ1v) is 6.64. The lowest BCUT2D eigenvalue weighted by atomic mass is 10.1. The number of aliphatic hydroxyl groups excluding tert-OH is 1. The van der Waals surface area contributed by atoms with Gasteiger partial charge in [0.25, 0.3) is 5.91 Å². The van der Waals surface area contributed by atoms with Crippen molar-refractivity contribution in [1.29, 1.82) is 0 Å². The lowest BCUT2D eigenvalue weighted by Crippen LogP contribution is -2.42. The van der Waals surface area contributed by atoms with Crippen molar-refractivity contribution in [2.45, 2.75) is 38.6 Å². The molecule has 1 fully saturated rings. The summed E-state index contributed by atoms with van der Waals surface area (Å²) in [5.74, 6) is 0.570. The van der Waals surface area contributed by atoms with Gasteiger partial charge in [-0.15, -0.1) is 0 Å². The molecule has 1 atom stereocenters. The molecule has 2 heterocycles. The molecule has 19 heavy (non-hydrogen) atoms. The molecule has 1 saturated heterocycles. The van der Waals surface area contributed by atoms with Crippen molar-refractivity contribution in [1.82, 2.24) is 14.9 Å². The SMILES string of the molecule is Cc1ncc(C(=O)N2CCCCCC2CO)c(N)n1. The molecule has 6 heteroatoms. The quantitative estimate of drug-likeness (QED) is 0.822. The maximum Gasteiger partial charge on any atom is 0.259 e. The van der Waals surface area contributed by atoms with Crippen molar-refractivity contribution in [3.05, 3.63) is 17.6 Å². The number of nitrogen functional groups attached to an aromatic ring is 1. The van der Waals surface area contributed by atoms with E-state index in [4.69, 9.17) is 5.73 Å². The Bertz CT molecular complexity index is 464. The minimum atomic E-state index is -0.182. The van der Waals surface area contributed by atoms with E-state index in [1.165, 1.54) is 6.20 Å². The number of amides is 1. The van der Waals surface area contributed by atoms with Gasteiger partial charge in [-0.25, -0.2) is 9.97 Å². The molecule has 0 bridgehead atoms. The molecule has 1 aromatic rings. The molecular weight excluding hydrogens is 244 g/mol. The molecule has 0 aliphatic carbocycles. The van der Waals surface area contributed by atoms with Gasteiger partial charge in [-0.1, -0.05) is 12.8 Å². The van der Waals surface area contributed by atoms with Gasteiger partial charge in [0, 0.05) is 12.7 Å². The summed E-state index contributed by atoms with van der Waals surface area (Å²) in [4.78, 5) is 22.3. The number of likely N-dealkylation sites (tertiary alicyclic amines) is 1. The molecule has 1 aliphatic heterocycles. The third-order valence-corrected chi connectivity index (χ3v) is 3.52. The largest absolute Gasteiger partial charge is 0.394 e. The number of anilines is 1. The maximum absolute atomic E-state index is 12.5. The summed E-state index contributed by atoms with van der Waals surface area (Å²) in [5.41, 5.74) is 6.12. The van der Waals surface area contributed by atoms with Gasteiger partial charge in [-0.3, -0.25) is 4.79 Å². The van der Waals surface area contributed by atoms with E-state index in [2.05, 4.69) is 9.97 Å². The molecule has 1 aliphatic rings. The van der Waals surface area contributed by atoms with Crippen LogP contribution in [0.1, 0.15) is 41.9 Å². The molecule has 1 unspecified atom stereocenters. The van der Waals surface area contributed by atoms with Crippen LogP contribution in [-0.4, -0.2) is 45.1 Å². The molecule has 6 nitrogen and oxygen atoms in total. The number of aliphatic hydroxyl groups is 1. The number of nitrogens with two attached hydrogens (primary N) is 1. The fourth-order valence-corrected chi connectivity index (χ4v) is 2.44. The van der Waals surface area contributed by atoms with E-state index in [0.29, 0.717) is 17.9 Å². The van der Waals surface area contributed by atoms with Crippen LogP contribution in [0.5, 0.6) is 0 Å². The second-order valence-corrected chi connectivity index (χ2v) is 4.90. The molecule has 3 N–H and O–H groups in total. The summed E-state index contributed by atoms with van der Waals surface area (Å²) in [6, 6.07) is -0.129. The monoisotopic (exact) mass is 264 g/mol. The number of carbonyl (C=O) groups is 1. The number of aryl methyl sites for hydroxylation is 1. The third kappa shape index (κ3) is 3.01. The van der Waals surface area contributed by atoms with Crippen molar-refractivity contribution >= 4 is 11.7 Å². The summed E-state index contributed by atoms with van der Waals surface area (Å²) < 4.78 is 0. The van der Waals surface area contributed by atoms with Crippen LogP contribution in [0.4, 0.5) is 5.82 Å². The molecule has 0 radical (unpaired) electrons. The Hall–Kier alpha value is -1.69. The van der Waals surface area contributed by atoms with E-state index >= 15 is 0 Å². The predicted molar refractivity (Wildman–Crippen MR) is 71.6 cm³/mol. The van der Waals surface area contributed by atoms with E-state index in [-0.39, 0.29) is 24.4 Å². The van der Waals surface area contributed by atoms with Gasteiger partial charge in [-0.05, 0) is 19.8 Å². The average molecular weight is 264 g/mol. The van der Waals surface area contributed by atoms with Crippen molar-refractivity contribution in [2.75, 3.05) is 18.9 Å². The highest BCUT2D eigenvalue weighted by molar-refractivity contribution is 5.98. The summed E-state index contributed by atoms with van der Waals surface area (Å²) in [6.45, 7) is 2.36. The molecule has 1 aromatic heterocycles. The first kappa shape index (κ1) is 13.7. The summed E-state index contributed by atoms with van der Waals surface area (Å²) >= 11 is 0. The molecular formula is C13H20N4O2. The van der Waals surface area contributed by atoms with E-state index in [1.807, 2.05) is 0 Å². The van der Waals surface area contributed by atoms with E-state index in [9.17, 15) is 9.90 Å². The molecule has 0 saturated carbocycles. The average Bonchev–Trinajstić information content (AvgIpc) is 2.63. The highest BCUT2D eigenvalue weighted by Crippen LogP contribution is 2.20. The van der Waals surface area contributed by atoms with E-state index < -0.39 is 0 Å². The molecule has 1 amide bonds. The number of carbonyl (C=O) groups excluding carboxylic acids is 1. The smallest absolute Gasteiger partial charge is 0.259 e. The van der Waals surface area contributed by atoms with Crippen LogP contribution in [0, 0.1) is 6.92 Å². The molecule has 2 rings (SSSR count). The Balaban J connectivity index is 2.25. The van der Waals surface area contributed by atoms with Gasteiger partial charge in [0.05, 0.1) is 12.6 Å². The number of hydrogen-bond donors (Lipinski definition) is 2. The Morgan fingerprint density at radius 3 is 3.00 bits per heavy atom. The van der Waals surface area contributed by atoms with Gasteiger partial charge >= 0.3 is 0 Å². The van der Waals surface area contributed by atoms with Crippen LogP contribution in [0.15, 0.2) is 6.20 Å². The van der Waals surface area contributed by atoms with Crippen molar-refractivity contribution < 1.29 is 9.90 Å². The maximum atomic E-state index is 12.5. The fourth-order valence-electron chi connectivity index (χ4n) is 2.44. The Morgan fingerprint density at radius 2 is 2.32 bits per heavy atom. The van der Waals surface area contributed by atoms with Gasteiger partial charge in [0.2, 0.25) is 0 Å². The number of nitrogens with zero attached hydrogens (tertiary/aromatic N) is 3.